The van der Waals surface area contributed by atoms with Crippen LogP contribution in [0, 0.1) is 0 Å². The van der Waals surface area contributed by atoms with E-state index in [-0.39, 0.29) is 5.83 Å². The summed E-state index contributed by atoms with van der Waals surface area (Å²) in [5, 5.41) is 0. The quantitative estimate of drug-likeness (QED) is 0.586. The first-order valence-electron chi connectivity index (χ1n) is 3.16. The number of hydrogen-bond donors (Lipinski definition) is 0. The second-order valence-corrected chi connectivity index (χ2v) is 2.18. The third-order valence-corrected chi connectivity index (χ3v) is 1.24. The molecule has 0 N–H and O–H groups in total. The Morgan fingerprint density at radius 3 is 2.40 bits per heavy atom. The summed E-state index contributed by atoms with van der Waals surface area (Å²) < 4.78 is 12.2. The van der Waals surface area contributed by atoms with E-state index in [9.17, 15) is 4.39 Å². The first-order chi connectivity index (χ1) is 4.79. The van der Waals surface area contributed by atoms with Gasteiger partial charge in [0.2, 0.25) is 0 Å². The van der Waals surface area contributed by atoms with Crippen LogP contribution in [0.5, 0.6) is 0 Å². The fraction of sp³-hybridized carbons (Fsp3) is 0.111. The van der Waals surface area contributed by atoms with Gasteiger partial charge in [0.25, 0.3) is 0 Å². The minimum Gasteiger partial charge on any atom is -0.212 e. The van der Waals surface area contributed by atoms with Crippen molar-refractivity contribution in [3.63, 3.8) is 0 Å². The molecule has 1 aromatic rings. The van der Waals surface area contributed by atoms with E-state index in [1.165, 1.54) is 0 Å². The van der Waals surface area contributed by atoms with E-state index in [0.717, 1.165) is 5.56 Å². The van der Waals surface area contributed by atoms with Crippen molar-refractivity contribution in [1.82, 2.24) is 0 Å². The molecule has 1 aromatic carbocycles. The maximum absolute atomic E-state index is 12.2. The van der Waals surface area contributed by atoms with Gasteiger partial charge in [0.1, 0.15) is 0 Å². The highest BCUT2D eigenvalue weighted by atomic mass is 19.1. The number of benzene rings is 1. The van der Waals surface area contributed by atoms with Crippen LogP contribution in [-0.2, 0) is 6.42 Å². The van der Waals surface area contributed by atoms with E-state index in [1.807, 2.05) is 30.3 Å². The SMILES string of the molecule is C=C(F)Cc1ccccc1. The van der Waals surface area contributed by atoms with Crippen molar-refractivity contribution in [3.8, 4) is 0 Å². The first-order valence-corrected chi connectivity index (χ1v) is 3.16. The van der Waals surface area contributed by atoms with Crippen LogP contribution < -0.4 is 0 Å². The molecule has 0 saturated heterocycles. The van der Waals surface area contributed by atoms with Gasteiger partial charge in [-0.1, -0.05) is 36.9 Å². The molecule has 0 radical (unpaired) electrons. The summed E-state index contributed by atoms with van der Waals surface area (Å²) >= 11 is 0. The van der Waals surface area contributed by atoms with E-state index in [4.69, 9.17) is 0 Å². The summed E-state index contributed by atoms with van der Waals surface area (Å²) in [6, 6.07) is 9.44. The van der Waals surface area contributed by atoms with Crippen molar-refractivity contribution in [2.24, 2.45) is 0 Å². The van der Waals surface area contributed by atoms with Crippen LogP contribution in [0.3, 0.4) is 0 Å². The number of halogens is 1. The Labute approximate surface area is 60.0 Å². The molecule has 0 fully saturated rings. The lowest BCUT2D eigenvalue weighted by molar-refractivity contribution is 0.617. The van der Waals surface area contributed by atoms with Gasteiger partial charge in [0.05, 0.1) is 5.83 Å². The molecule has 52 valence electrons. The molecule has 0 heterocycles. The topological polar surface area (TPSA) is 0 Å². The molecule has 0 aliphatic rings. The Morgan fingerprint density at radius 2 is 1.90 bits per heavy atom. The third kappa shape index (κ3) is 2.02. The molecule has 0 saturated carbocycles. The number of hydrogen-bond acceptors (Lipinski definition) is 0. The standard InChI is InChI=1S/C9H9F/c1-8(10)7-9-5-3-2-4-6-9/h2-6H,1,7H2. The monoisotopic (exact) mass is 136 g/mol. The van der Waals surface area contributed by atoms with E-state index >= 15 is 0 Å². The van der Waals surface area contributed by atoms with Crippen LogP contribution in [0.4, 0.5) is 4.39 Å². The molecule has 0 atom stereocenters. The summed E-state index contributed by atoms with van der Waals surface area (Å²) in [5.74, 6) is -0.286. The fourth-order valence-electron chi connectivity index (χ4n) is 0.817. The van der Waals surface area contributed by atoms with E-state index in [0.29, 0.717) is 6.42 Å². The average Bonchev–Trinajstić information content (AvgIpc) is 1.88. The second kappa shape index (κ2) is 3.16. The van der Waals surface area contributed by atoms with E-state index < -0.39 is 0 Å². The molecular formula is C9H9F. The first kappa shape index (κ1) is 7.00. The molecule has 0 bridgehead atoms. The van der Waals surface area contributed by atoms with Gasteiger partial charge in [-0.05, 0) is 5.56 Å². The predicted molar refractivity (Wildman–Crippen MR) is 40.4 cm³/mol. The van der Waals surface area contributed by atoms with Crippen LogP contribution in [0.15, 0.2) is 42.7 Å². The van der Waals surface area contributed by atoms with E-state index in [1.54, 1.807) is 0 Å². The molecule has 1 heteroatoms. The molecule has 0 aliphatic heterocycles. The van der Waals surface area contributed by atoms with Crippen LogP contribution in [0.25, 0.3) is 0 Å². The predicted octanol–water partition coefficient (Wildman–Crippen LogP) is 2.71. The molecule has 10 heavy (non-hydrogen) atoms. The summed E-state index contributed by atoms with van der Waals surface area (Å²) in [7, 11) is 0. The summed E-state index contributed by atoms with van der Waals surface area (Å²) in [4.78, 5) is 0. The Bertz CT molecular complexity index is 213. The molecular weight excluding hydrogens is 127 g/mol. The number of rotatable bonds is 2. The van der Waals surface area contributed by atoms with Gasteiger partial charge in [0, 0.05) is 6.42 Å². The maximum Gasteiger partial charge on any atom is 0.0971 e. The minimum absolute atomic E-state index is 0.286. The lowest BCUT2D eigenvalue weighted by Crippen LogP contribution is -1.81. The van der Waals surface area contributed by atoms with Crippen molar-refractivity contribution in [1.29, 1.82) is 0 Å². The highest BCUT2D eigenvalue weighted by molar-refractivity contribution is 5.18. The molecule has 0 aromatic heterocycles. The molecule has 0 unspecified atom stereocenters. The lowest BCUT2D eigenvalue weighted by atomic mass is 10.1. The smallest absolute Gasteiger partial charge is 0.0971 e. The van der Waals surface area contributed by atoms with Gasteiger partial charge in [-0.15, -0.1) is 0 Å². The Balaban J connectivity index is 2.67. The maximum atomic E-state index is 12.2. The van der Waals surface area contributed by atoms with Gasteiger partial charge in [0.15, 0.2) is 0 Å². The van der Waals surface area contributed by atoms with Crippen LogP contribution in [0.2, 0.25) is 0 Å². The van der Waals surface area contributed by atoms with Gasteiger partial charge in [-0.3, -0.25) is 0 Å². The van der Waals surface area contributed by atoms with Crippen molar-refractivity contribution in [2.45, 2.75) is 6.42 Å². The largest absolute Gasteiger partial charge is 0.212 e. The Kier molecular flexibility index (Phi) is 2.21. The highest BCUT2D eigenvalue weighted by Gasteiger charge is 1.91. The van der Waals surface area contributed by atoms with Crippen molar-refractivity contribution >= 4 is 0 Å². The highest BCUT2D eigenvalue weighted by Crippen LogP contribution is 2.05. The van der Waals surface area contributed by atoms with Gasteiger partial charge in [-0.2, -0.15) is 0 Å². The fourth-order valence-corrected chi connectivity index (χ4v) is 0.817. The van der Waals surface area contributed by atoms with Crippen LogP contribution >= 0.6 is 0 Å². The summed E-state index contributed by atoms with van der Waals surface area (Å²) in [6.45, 7) is 3.18. The van der Waals surface area contributed by atoms with Crippen LogP contribution in [0.1, 0.15) is 5.56 Å². The van der Waals surface area contributed by atoms with Crippen molar-refractivity contribution < 1.29 is 4.39 Å². The summed E-state index contributed by atoms with van der Waals surface area (Å²) in [6.07, 6.45) is 0.334. The Hall–Kier alpha value is -1.11. The zero-order chi connectivity index (χ0) is 7.40. The molecule has 0 amide bonds. The number of allylic oxidation sites excluding steroid dienone is 1. The van der Waals surface area contributed by atoms with E-state index in [2.05, 4.69) is 6.58 Å². The van der Waals surface area contributed by atoms with Crippen molar-refractivity contribution in [3.05, 3.63) is 48.3 Å². The second-order valence-electron chi connectivity index (χ2n) is 2.18. The van der Waals surface area contributed by atoms with Gasteiger partial charge >= 0.3 is 0 Å². The molecule has 0 spiro atoms. The lowest BCUT2D eigenvalue weighted by Gasteiger charge is -1.94. The van der Waals surface area contributed by atoms with Crippen molar-refractivity contribution in [2.75, 3.05) is 0 Å². The molecule has 0 aliphatic carbocycles. The van der Waals surface area contributed by atoms with Crippen LogP contribution in [-0.4, -0.2) is 0 Å². The van der Waals surface area contributed by atoms with Gasteiger partial charge < -0.3 is 0 Å². The Morgan fingerprint density at radius 1 is 1.30 bits per heavy atom. The zero-order valence-corrected chi connectivity index (χ0v) is 5.68. The zero-order valence-electron chi connectivity index (χ0n) is 5.68. The minimum atomic E-state index is -0.286. The third-order valence-electron chi connectivity index (χ3n) is 1.24. The molecule has 0 nitrogen and oxygen atoms in total. The molecule has 1 rings (SSSR count). The summed E-state index contributed by atoms with van der Waals surface area (Å²) in [5.41, 5.74) is 0.968. The van der Waals surface area contributed by atoms with Gasteiger partial charge in [-0.25, -0.2) is 4.39 Å². The average molecular weight is 136 g/mol. The normalized spacial score (nSPS) is 9.30.